The molecule has 3 aromatic rings. The van der Waals surface area contributed by atoms with Crippen LogP contribution in [-0.4, -0.2) is 22.0 Å². The first-order valence-corrected chi connectivity index (χ1v) is 7.35. The maximum Gasteiger partial charge on any atom is 0.183 e. The minimum Gasteiger partial charge on any atom is -0.365 e. The van der Waals surface area contributed by atoms with E-state index < -0.39 is 0 Å². The number of rotatable bonds is 4. The monoisotopic (exact) mass is 294 g/mol. The number of nitrogens with one attached hydrogen (secondary N) is 1. The molecule has 0 aliphatic rings. The predicted molar refractivity (Wildman–Crippen MR) is 88.1 cm³/mol. The third-order valence-electron chi connectivity index (χ3n) is 2.95. The van der Waals surface area contributed by atoms with Crippen LogP contribution in [-0.2, 0) is 0 Å². The van der Waals surface area contributed by atoms with E-state index in [0.717, 1.165) is 26.8 Å². The molecule has 3 rings (SSSR count). The molecule has 1 N–H and O–H groups in total. The highest BCUT2D eigenvalue weighted by atomic mass is 32.1. The van der Waals surface area contributed by atoms with E-state index in [1.54, 1.807) is 36.1 Å². The number of hydrogen-bond acceptors (Lipinski definition) is 5. The van der Waals surface area contributed by atoms with Crippen molar-refractivity contribution in [3.05, 3.63) is 60.3 Å². The quantitative estimate of drug-likeness (QED) is 0.795. The zero-order valence-electron chi connectivity index (χ0n) is 11.5. The maximum absolute atomic E-state index is 4.60. The van der Waals surface area contributed by atoms with Crippen molar-refractivity contribution in [2.45, 2.75) is 0 Å². The van der Waals surface area contributed by atoms with Crippen molar-refractivity contribution in [3.63, 3.8) is 0 Å². The first-order valence-electron chi connectivity index (χ1n) is 6.54. The van der Waals surface area contributed by atoms with E-state index in [1.807, 2.05) is 43.5 Å². The number of aromatic nitrogens is 3. The van der Waals surface area contributed by atoms with Crippen LogP contribution in [0.5, 0.6) is 0 Å². The second-order valence-corrected chi connectivity index (χ2v) is 5.33. The zero-order valence-corrected chi connectivity index (χ0v) is 12.3. The molecule has 21 heavy (non-hydrogen) atoms. The highest BCUT2D eigenvalue weighted by Crippen LogP contribution is 2.33. The maximum atomic E-state index is 4.60. The fraction of sp³-hybridized carbons (Fsp3) is 0.0625. The fourth-order valence-electron chi connectivity index (χ4n) is 1.91. The molecule has 3 aromatic heterocycles. The largest absolute Gasteiger partial charge is 0.365 e. The van der Waals surface area contributed by atoms with Crippen molar-refractivity contribution in [1.29, 1.82) is 0 Å². The summed E-state index contributed by atoms with van der Waals surface area (Å²) in [5.41, 5.74) is 3.18. The van der Waals surface area contributed by atoms with Crippen molar-refractivity contribution >= 4 is 28.6 Å². The van der Waals surface area contributed by atoms with Gasteiger partial charge in [0.15, 0.2) is 5.13 Å². The molecule has 0 saturated carbocycles. The molecule has 104 valence electrons. The Bertz CT molecular complexity index is 735. The van der Waals surface area contributed by atoms with Crippen molar-refractivity contribution in [1.82, 2.24) is 15.0 Å². The second kappa shape index (κ2) is 6.28. The van der Waals surface area contributed by atoms with Gasteiger partial charge in [0.25, 0.3) is 0 Å². The molecule has 0 aromatic carbocycles. The summed E-state index contributed by atoms with van der Waals surface area (Å²) in [6.07, 6.45) is 11.2. The molecule has 0 aliphatic heterocycles. The van der Waals surface area contributed by atoms with Gasteiger partial charge >= 0.3 is 0 Å². The molecule has 0 radical (unpaired) electrons. The van der Waals surface area contributed by atoms with Gasteiger partial charge in [0.05, 0.1) is 10.6 Å². The number of thiazole rings is 1. The highest BCUT2D eigenvalue weighted by Gasteiger charge is 2.10. The topological polar surface area (TPSA) is 50.7 Å². The van der Waals surface area contributed by atoms with E-state index in [0.29, 0.717) is 0 Å². The minimum absolute atomic E-state index is 0.899. The molecule has 0 aliphatic carbocycles. The Morgan fingerprint density at radius 2 is 1.62 bits per heavy atom. The molecule has 0 atom stereocenters. The van der Waals surface area contributed by atoms with Crippen LogP contribution in [0.4, 0.5) is 5.13 Å². The molecule has 3 heterocycles. The van der Waals surface area contributed by atoms with Crippen LogP contribution < -0.4 is 5.32 Å². The number of hydrogen-bond donors (Lipinski definition) is 1. The third kappa shape index (κ3) is 3.14. The van der Waals surface area contributed by atoms with Gasteiger partial charge in [0.2, 0.25) is 0 Å². The smallest absolute Gasteiger partial charge is 0.183 e. The predicted octanol–water partition coefficient (Wildman–Crippen LogP) is 3.81. The van der Waals surface area contributed by atoms with Gasteiger partial charge in [-0.05, 0) is 41.5 Å². The summed E-state index contributed by atoms with van der Waals surface area (Å²) in [6, 6.07) is 7.93. The summed E-state index contributed by atoms with van der Waals surface area (Å²) in [6.45, 7) is 0. The molecule has 0 amide bonds. The van der Waals surface area contributed by atoms with Crippen LogP contribution in [0.2, 0.25) is 0 Å². The molecule has 0 fully saturated rings. The number of pyridine rings is 2. The number of anilines is 1. The van der Waals surface area contributed by atoms with E-state index >= 15 is 0 Å². The Morgan fingerprint density at radius 1 is 0.952 bits per heavy atom. The lowest BCUT2D eigenvalue weighted by atomic mass is 10.1. The minimum atomic E-state index is 0.899. The van der Waals surface area contributed by atoms with Crippen LogP contribution in [0.1, 0.15) is 11.3 Å². The van der Waals surface area contributed by atoms with Crippen LogP contribution in [0.15, 0.2) is 49.1 Å². The van der Waals surface area contributed by atoms with Crippen molar-refractivity contribution in [3.8, 4) is 10.4 Å². The van der Waals surface area contributed by atoms with Gasteiger partial charge < -0.3 is 5.32 Å². The summed E-state index contributed by atoms with van der Waals surface area (Å²) < 4.78 is 0. The number of nitrogens with zero attached hydrogens (tertiary/aromatic N) is 3. The molecule has 5 heteroatoms. The Kier molecular flexibility index (Phi) is 4.02. The van der Waals surface area contributed by atoms with E-state index in [-0.39, 0.29) is 0 Å². The summed E-state index contributed by atoms with van der Waals surface area (Å²) >= 11 is 1.63. The Hall–Kier alpha value is -2.53. The van der Waals surface area contributed by atoms with E-state index in [9.17, 15) is 0 Å². The summed E-state index contributed by atoms with van der Waals surface area (Å²) in [5.74, 6) is 0. The highest BCUT2D eigenvalue weighted by molar-refractivity contribution is 7.19. The van der Waals surface area contributed by atoms with Crippen LogP contribution >= 0.6 is 11.3 Å². The molecular formula is C16H14N4S. The summed E-state index contributed by atoms with van der Waals surface area (Å²) in [7, 11) is 1.88. The standard InChI is InChI=1S/C16H14N4S/c1-17-16-20-14(3-2-12-4-8-18-9-5-12)15(21-16)13-6-10-19-11-7-13/h2-11H,1H3,(H,17,20). The lowest BCUT2D eigenvalue weighted by molar-refractivity contribution is 1.32. The van der Waals surface area contributed by atoms with Gasteiger partial charge in [-0.15, -0.1) is 0 Å². The molecule has 4 nitrogen and oxygen atoms in total. The van der Waals surface area contributed by atoms with Crippen LogP contribution in [0.25, 0.3) is 22.6 Å². The molecular weight excluding hydrogens is 280 g/mol. The van der Waals surface area contributed by atoms with Crippen LogP contribution in [0, 0.1) is 0 Å². The van der Waals surface area contributed by atoms with Crippen molar-refractivity contribution < 1.29 is 0 Å². The van der Waals surface area contributed by atoms with Gasteiger partial charge in [-0.1, -0.05) is 17.4 Å². The molecule has 0 saturated heterocycles. The normalized spacial score (nSPS) is 10.9. The third-order valence-corrected chi connectivity index (χ3v) is 4.09. The van der Waals surface area contributed by atoms with E-state index in [4.69, 9.17) is 0 Å². The first-order chi connectivity index (χ1) is 10.4. The van der Waals surface area contributed by atoms with Gasteiger partial charge in [-0.2, -0.15) is 0 Å². The average Bonchev–Trinajstić information content (AvgIpc) is 2.98. The lowest BCUT2D eigenvalue weighted by Crippen LogP contribution is -1.85. The summed E-state index contributed by atoms with van der Waals surface area (Å²) in [5, 5.41) is 4.00. The molecule has 0 unspecified atom stereocenters. The molecule has 0 spiro atoms. The van der Waals surface area contributed by atoms with Gasteiger partial charge in [-0.25, -0.2) is 4.98 Å². The van der Waals surface area contributed by atoms with E-state index in [1.165, 1.54) is 0 Å². The fourth-order valence-corrected chi connectivity index (χ4v) is 2.82. The van der Waals surface area contributed by atoms with Crippen molar-refractivity contribution in [2.24, 2.45) is 0 Å². The van der Waals surface area contributed by atoms with E-state index in [2.05, 4.69) is 20.3 Å². The SMILES string of the molecule is CNc1nc(C=Cc2ccncc2)c(-c2ccncc2)s1. The Labute approximate surface area is 127 Å². The Morgan fingerprint density at radius 3 is 2.29 bits per heavy atom. The van der Waals surface area contributed by atoms with Crippen molar-refractivity contribution in [2.75, 3.05) is 12.4 Å². The lowest BCUT2D eigenvalue weighted by Gasteiger charge is -1.97. The molecule has 0 bridgehead atoms. The van der Waals surface area contributed by atoms with Gasteiger partial charge in [-0.3, -0.25) is 9.97 Å². The van der Waals surface area contributed by atoms with Crippen LogP contribution in [0.3, 0.4) is 0 Å². The summed E-state index contributed by atoms with van der Waals surface area (Å²) in [4.78, 5) is 13.8. The zero-order chi connectivity index (χ0) is 14.5. The van der Waals surface area contributed by atoms with Gasteiger partial charge in [0, 0.05) is 31.8 Å². The Balaban J connectivity index is 1.98. The second-order valence-electron chi connectivity index (χ2n) is 4.33. The van der Waals surface area contributed by atoms with Gasteiger partial charge in [0.1, 0.15) is 0 Å². The first kappa shape index (κ1) is 13.5. The average molecular weight is 294 g/mol.